The van der Waals surface area contributed by atoms with E-state index < -0.39 is 17.5 Å². The summed E-state index contributed by atoms with van der Waals surface area (Å²) in [6.45, 7) is 2.72. The molecule has 3 aromatic carbocycles. The Balaban J connectivity index is 1.41. The molecule has 3 atom stereocenters. The number of aromatic hydroxyl groups is 1. The van der Waals surface area contributed by atoms with Gasteiger partial charge >= 0.3 is 6.01 Å². The van der Waals surface area contributed by atoms with Gasteiger partial charge in [0, 0.05) is 53.1 Å². The molecule has 214 valence electrons. The van der Waals surface area contributed by atoms with Crippen LogP contribution in [0, 0.1) is 17.5 Å². The van der Waals surface area contributed by atoms with Crippen LogP contribution in [-0.2, 0) is 0 Å². The van der Waals surface area contributed by atoms with E-state index >= 15 is 8.78 Å². The van der Waals surface area contributed by atoms with Crippen molar-refractivity contribution in [3.63, 3.8) is 0 Å². The van der Waals surface area contributed by atoms with Crippen LogP contribution < -0.4 is 15.0 Å². The summed E-state index contributed by atoms with van der Waals surface area (Å²) in [5.41, 5.74) is -0.295. The second-order valence-corrected chi connectivity index (χ2v) is 11.8. The summed E-state index contributed by atoms with van der Waals surface area (Å²) in [7, 11) is 2.04. The SMILES string of the molecule is CN1CCC[C@H]1COc1nc(N2CC3CCC(C2)N3)c2cc(Cl)c(-c3cc(O)cc4ccc(F)c(F)c34)c(F)c2n1. The number of nitrogens with one attached hydrogen (secondary N) is 1. The highest BCUT2D eigenvalue weighted by atomic mass is 35.5. The van der Waals surface area contributed by atoms with E-state index in [0.29, 0.717) is 43.0 Å². The lowest BCUT2D eigenvalue weighted by atomic mass is 9.95. The zero-order valence-electron chi connectivity index (χ0n) is 22.4. The Morgan fingerprint density at radius 3 is 2.56 bits per heavy atom. The number of hydrogen-bond acceptors (Lipinski definition) is 7. The van der Waals surface area contributed by atoms with E-state index in [2.05, 4.69) is 20.1 Å². The van der Waals surface area contributed by atoms with E-state index in [0.717, 1.165) is 38.3 Å². The molecule has 0 spiro atoms. The van der Waals surface area contributed by atoms with Crippen LogP contribution >= 0.6 is 11.6 Å². The second-order valence-electron chi connectivity index (χ2n) is 11.4. The van der Waals surface area contributed by atoms with Gasteiger partial charge in [0.1, 0.15) is 23.7 Å². The first-order valence-corrected chi connectivity index (χ1v) is 14.3. The number of benzene rings is 3. The molecule has 7 rings (SSSR count). The zero-order valence-corrected chi connectivity index (χ0v) is 23.2. The number of phenolic OH excluding ortho intramolecular Hbond substituents is 1. The van der Waals surface area contributed by atoms with Gasteiger partial charge in [-0.2, -0.15) is 9.97 Å². The van der Waals surface area contributed by atoms with Crippen molar-refractivity contribution >= 4 is 39.1 Å². The number of aromatic nitrogens is 2. The van der Waals surface area contributed by atoms with Crippen LogP contribution in [0.3, 0.4) is 0 Å². The number of phenols is 1. The molecule has 3 fully saturated rings. The maximum absolute atomic E-state index is 16.6. The van der Waals surface area contributed by atoms with Gasteiger partial charge in [-0.3, -0.25) is 0 Å². The normalized spacial score (nSPS) is 22.8. The van der Waals surface area contributed by atoms with Gasteiger partial charge in [-0.15, -0.1) is 0 Å². The van der Waals surface area contributed by atoms with Crippen molar-refractivity contribution in [1.29, 1.82) is 0 Å². The standard InChI is InChI=1S/C30H29ClF3N5O2/c1-38-8-2-3-18(38)14-41-30-36-28-21(29(37-30)39-12-16-5-6-17(13-39)35-16)11-22(31)25(27(28)34)20-10-19(40)9-15-4-7-23(32)26(33)24(15)20/h4,7,9-11,16-18,35,40H,2-3,5-6,8,12-14H2,1H3/t16?,17?,18-/m0/s1. The number of rotatable bonds is 5. The lowest BCUT2D eigenvalue weighted by Gasteiger charge is -2.34. The zero-order chi connectivity index (χ0) is 28.4. The fourth-order valence-electron chi connectivity index (χ4n) is 6.62. The quantitative estimate of drug-likeness (QED) is 0.315. The molecule has 2 unspecified atom stereocenters. The van der Waals surface area contributed by atoms with Crippen molar-refractivity contribution in [3.8, 4) is 22.9 Å². The van der Waals surface area contributed by atoms with Crippen LogP contribution in [-0.4, -0.2) is 71.4 Å². The lowest BCUT2D eigenvalue weighted by molar-refractivity contribution is 0.188. The molecular formula is C30H29ClF3N5O2. The van der Waals surface area contributed by atoms with E-state index in [-0.39, 0.29) is 50.2 Å². The molecule has 0 amide bonds. The fraction of sp³-hybridized carbons (Fsp3) is 0.400. The largest absolute Gasteiger partial charge is 0.508 e. The highest BCUT2D eigenvalue weighted by molar-refractivity contribution is 6.35. The number of nitrogens with zero attached hydrogens (tertiary/aromatic N) is 4. The Morgan fingerprint density at radius 1 is 1.05 bits per heavy atom. The van der Waals surface area contributed by atoms with E-state index in [1.165, 1.54) is 18.2 Å². The molecular weight excluding hydrogens is 555 g/mol. The molecule has 0 radical (unpaired) electrons. The van der Waals surface area contributed by atoms with E-state index in [1.807, 2.05) is 7.05 Å². The van der Waals surface area contributed by atoms with Gasteiger partial charge in [-0.05, 0) is 68.9 Å². The topological polar surface area (TPSA) is 73.8 Å². The molecule has 2 bridgehead atoms. The second kappa shape index (κ2) is 10.2. The third kappa shape index (κ3) is 4.62. The molecule has 11 heteroatoms. The number of hydrogen-bond donors (Lipinski definition) is 2. The molecule has 7 nitrogen and oxygen atoms in total. The van der Waals surface area contributed by atoms with Gasteiger partial charge in [-0.25, -0.2) is 13.2 Å². The van der Waals surface area contributed by atoms with Crippen LogP contribution in [0.25, 0.3) is 32.8 Å². The van der Waals surface area contributed by atoms with Gasteiger partial charge in [-0.1, -0.05) is 17.7 Å². The van der Waals surface area contributed by atoms with Crippen LogP contribution in [0.15, 0.2) is 30.3 Å². The number of piperazine rings is 1. The summed E-state index contributed by atoms with van der Waals surface area (Å²) in [4.78, 5) is 13.6. The Labute approximate surface area is 239 Å². The van der Waals surface area contributed by atoms with Gasteiger partial charge in [0.2, 0.25) is 0 Å². The number of halogens is 4. The predicted octanol–water partition coefficient (Wildman–Crippen LogP) is 5.64. The number of likely N-dealkylation sites (N-methyl/N-ethyl adjacent to an activating group) is 1. The van der Waals surface area contributed by atoms with Crippen molar-refractivity contribution in [3.05, 3.63) is 52.8 Å². The maximum atomic E-state index is 16.6. The molecule has 41 heavy (non-hydrogen) atoms. The Hall–Kier alpha value is -3.34. The summed E-state index contributed by atoms with van der Waals surface area (Å²) in [5.74, 6) is -2.79. The highest BCUT2D eigenvalue weighted by Gasteiger charge is 2.34. The van der Waals surface area contributed by atoms with Crippen molar-refractivity contribution in [2.75, 3.05) is 38.2 Å². The number of anilines is 1. The van der Waals surface area contributed by atoms with Crippen LogP contribution in [0.1, 0.15) is 25.7 Å². The maximum Gasteiger partial charge on any atom is 0.319 e. The monoisotopic (exact) mass is 583 g/mol. The van der Waals surface area contributed by atoms with Crippen molar-refractivity contribution in [2.24, 2.45) is 0 Å². The lowest BCUT2D eigenvalue weighted by Crippen LogP contribution is -2.51. The number of fused-ring (bicyclic) bond motifs is 4. The third-order valence-corrected chi connectivity index (χ3v) is 8.99. The molecule has 2 N–H and O–H groups in total. The third-order valence-electron chi connectivity index (χ3n) is 8.70. The fourth-order valence-corrected chi connectivity index (χ4v) is 6.91. The minimum absolute atomic E-state index is 0.0326. The molecule has 3 aliphatic rings. The minimum Gasteiger partial charge on any atom is -0.508 e. The van der Waals surface area contributed by atoms with E-state index in [1.54, 1.807) is 6.07 Å². The van der Waals surface area contributed by atoms with Crippen LogP contribution in [0.5, 0.6) is 11.8 Å². The number of likely N-dealkylation sites (tertiary alicyclic amines) is 1. The highest BCUT2D eigenvalue weighted by Crippen LogP contribution is 2.43. The first-order chi connectivity index (χ1) is 19.8. The molecule has 0 saturated carbocycles. The molecule has 4 aromatic rings. The Morgan fingerprint density at radius 2 is 1.83 bits per heavy atom. The van der Waals surface area contributed by atoms with Crippen LogP contribution in [0.4, 0.5) is 19.0 Å². The smallest absolute Gasteiger partial charge is 0.319 e. The van der Waals surface area contributed by atoms with E-state index in [4.69, 9.17) is 21.3 Å². The van der Waals surface area contributed by atoms with E-state index in [9.17, 15) is 9.50 Å². The molecule has 1 aromatic heterocycles. The summed E-state index contributed by atoms with van der Waals surface area (Å²) in [5, 5.41) is 14.4. The average molecular weight is 584 g/mol. The Kier molecular flexibility index (Phi) is 6.59. The van der Waals surface area contributed by atoms with Gasteiger partial charge in [0.25, 0.3) is 0 Å². The van der Waals surface area contributed by atoms with Gasteiger partial charge in [0.05, 0.1) is 5.02 Å². The summed E-state index contributed by atoms with van der Waals surface area (Å²) >= 11 is 6.71. The molecule has 3 aliphatic heterocycles. The first kappa shape index (κ1) is 26.6. The summed E-state index contributed by atoms with van der Waals surface area (Å²) in [6.07, 6.45) is 4.16. The summed E-state index contributed by atoms with van der Waals surface area (Å²) < 4.78 is 52.1. The first-order valence-electron chi connectivity index (χ1n) is 13.9. The minimum atomic E-state index is -1.16. The molecule has 4 heterocycles. The van der Waals surface area contributed by atoms with Gasteiger partial charge < -0.3 is 25.0 Å². The molecule has 0 aliphatic carbocycles. The predicted molar refractivity (Wildman–Crippen MR) is 152 cm³/mol. The van der Waals surface area contributed by atoms with Gasteiger partial charge in [0.15, 0.2) is 17.5 Å². The van der Waals surface area contributed by atoms with Crippen molar-refractivity contribution in [2.45, 2.75) is 43.8 Å². The van der Waals surface area contributed by atoms with Crippen molar-refractivity contribution < 1.29 is 23.0 Å². The van der Waals surface area contributed by atoms with Crippen LogP contribution in [0.2, 0.25) is 5.02 Å². The molecule has 3 saturated heterocycles. The average Bonchev–Trinajstić information content (AvgIpc) is 3.52. The summed E-state index contributed by atoms with van der Waals surface area (Å²) in [6, 6.07) is 7.18. The number of ether oxygens (including phenoxy) is 1. The Bertz CT molecular complexity index is 1680. The van der Waals surface area contributed by atoms with Crippen molar-refractivity contribution in [1.82, 2.24) is 20.2 Å².